The number of carbonyl (C=O) groups is 1. The Labute approximate surface area is 119 Å². The summed E-state index contributed by atoms with van der Waals surface area (Å²) in [6, 6.07) is 5.26. The first-order valence-electron chi connectivity index (χ1n) is 5.49. The van der Waals surface area contributed by atoms with Gasteiger partial charge < -0.3 is 11.5 Å². The van der Waals surface area contributed by atoms with E-state index < -0.39 is 0 Å². The van der Waals surface area contributed by atoms with Crippen molar-refractivity contribution in [3.63, 3.8) is 0 Å². The van der Waals surface area contributed by atoms with Gasteiger partial charge in [-0.25, -0.2) is 9.88 Å². The molecule has 0 fully saturated rings. The summed E-state index contributed by atoms with van der Waals surface area (Å²) in [5.41, 5.74) is 12.3. The molecule has 8 heteroatoms. The normalized spacial score (nSPS) is 14.3. The van der Waals surface area contributed by atoms with Crippen LogP contribution in [0.2, 0.25) is 0 Å². The Morgan fingerprint density at radius 1 is 1.40 bits per heavy atom. The molecule has 0 spiro atoms. The van der Waals surface area contributed by atoms with Gasteiger partial charge in [-0.05, 0) is 6.26 Å². The van der Waals surface area contributed by atoms with E-state index in [0.717, 1.165) is 4.90 Å². The fourth-order valence-corrected chi connectivity index (χ4v) is 2.39. The van der Waals surface area contributed by atoms with Crippen molar-refractivity contribution in [3.8, 4) is 12.1 Å². The van der Waals surface area contributed by atoms with E-state index in [1.165, 1.54) is 17.8 Å². The highest BCUT2D eigenvalue weighted by Crippen LogP contribution is 2.31. The summed E-state index contributed by atoms with van der Waals surface area (Å²) in [6.45, 7) is 0. The molecule has 0 saturated carbocycles. The molecule has 2 rings (SSSR count). The number of anilines is 2. The molecule has 1 aromatic rings. The number of hydrogen-bond donors (Lipinski definition) is 2. The number of amides is 1. The van der Waals surface area contributed by atoms with Crippen molar-refractivity contribution >= 4 is 29.2 Å². The molecular formula is C12H10N6OS. The molecule has 1 aromatic heterocycles. The number of hydrogen-bond acceptors (Lipinski definition) is 7. The van der Waals surface area contributed by atoms with Gasteiger partial charge in [0.2, 0.25) is 5.91 Å². The van der Waals surface area contributed by atoms with Gasteiger partial charge in [-0.2, -0.15) is 10.5 Å². The van der Waals surface area contributed by atoms with E-state index in [2.05, 4.69) is 4.98 Å². The van der Waals surface area contributed by atoms with Crippen LogP contribution in [0.15, 0.2) is 22.5 Å². The smallest absolute Gasteiger partial charge is 0.239 e. The number of carbonyl (C=O) groups excluding carboxylic acids is 1. The molecule has 1 amide bonds. The van der Waals surface area contributed by atoms with Gasteiger partial charge in [0.25, 0.3) is 0 Å². The highest BCUT2D eigenvalue weighted by molar-refractivity contribution is 7.98. The first-order valence-corrected chi connectivity index (χ1v) is 6.72. The number of aromatic nitrogens is 1. The van der Waals surface area contributed by atoms with E-state index in [4.69, 9.17) is 22.0 Å². The van der Waals surface area contributed by atoms with E-state index in [1.54, 1.807) is 6.26 Å². The zero-order valence-electron chi connectivity index (χ0n) is 10.5. The number of rotatable bonds is 2. The van der Waals surface area contributed by atoms with Crippen molar-refractivity contribution < 1.29 is 4.79 Å². The number of nitrogens with two attached hydrogens (primary N) is 2. The number of nitrogen functional groups attached to an aromatic ring is 1. The van der Waals surface area contributed by atoms with Crippen molar-refractivity contribution in [3.05, 3.63) is 23.0 Å². The SMILES string of the molecule is CSc1nc(N2C(=O)CC(C#N)=C2N)cc(N)c1C#N. The maximum Gasteiger partial charge on any atom is 0.239 e. The third-order valence-corrected chi connectivity index (χ3v) is 3.48. The second-order valence-corrected chi connectivity index (χ2v) is 4.74. The molecule has 0 saturated heterocycles. The molecule has 0 radical (unpaired) electrons. The minimum Gasteiger partial charge on any atom is -0.397 e. The Kier molecular flexibility index (Phi) is 3.51. The number of nitriles is 2. The maximum atomic E-state index is 11.9. The van der Waals surface area contributed by atoms with Gasteiger partial charge >= 0.3 is 0 Å². The molecule has 0 unspecified atom stereocenters. The second kappa shape index (κ2) is 5.11. The molecular weight excluding hydrogens is 276 g/mol. The minimum absolute atomic E-state index is 0.0566. The summed E-state index contributed by atoms with van der Waals surface area (Å²) >= 11 is 1.24. The Morgan fingerprint density at radius 2 is 2.10 bits per heavy atom. The molecule has 0 atom stereocenters. The third-order valence-electron chi connectivity index (χ3n) is 2.80. The van der Waals surface area contributed by atoms with Crippen LogP contribution >= 0.6 is 11.8 Å². The van der Waals surface area contributed by atoms with E-state index in [0.29, 0.717) is 5.03 Å². The summed E-state index contributed by atoms with van der Waals surface area (Å²) in [6.07, 6.45) is 1.69. The Hall–Kier alpha value is -2.71. The van der Waals surface area contributed by atoms with Crippen LogP contribution in [0.3, 0.4) is 0 Å². The Bertz CT molecular complexity index is 712. The topological polar surface area (TPSA) is 133 Å². The molecule has 0 bridgehead atoms. The van der Waals surface area contributed by atoms with Crippen LogP contribution in [0.4, 0.5) is 11.5 Å². The number of thioether (sulfide) groups is 1. The number of pyridine rings is 1. The lowest BCUT2D eigenvalue weighted by molar-refractivity contribution is -0.116. The molecule has 7 nitrogen and oxygen atoms in total. The average molecular weight is 286 g/mol. The van der Waals surface area contributed by atoms with Crippen LogP contribution in [0.1, 0.15) is 12.0 Å². The van der Waals surface area contributed by atoms with Gasteiger partial charge in [0, 0.05) is 6.07 Å². The van der Waals surface area contributed by atoms with Gasteiger partial charge in [0.1, 0.15) is 28.3 Å². The van der Waals surface area contributed by atoms with Gasteiger partial charge in [-0.3, -0.25) is 4.79 Å². The minimum atomic E-state index is -0.345. The quantitative estimate of drug-likeness (QED) is 0.764. The van der Waals surface area contributed by atoms with Gasteiger partial charge in [0.05, 0.1) is 23.8 Å². The van der Waals surface area contributed by atoms with E-state index >= 15 is 0 Å². The first kappa shape index (κ1) is 13.7. The van der Waals surface area contributed by atoms with Crippen molar-refractivity contribution in [1.82, 2.24) is 4.98 Å². The lowest BCUT2D eigenvalue weighted by Crippen LogP contribution is -2.29. The highest BCUT2D eigenvalue weighted by Gasteiger charge is 2.31. The standard InChI is InChI=1S/C12H10N6OS/c1-20-12-7(5-14)8(15)3-9(17-12)18-10(19)2-6(4-13)11(18)16/h3H,2,16H2,1H3,(H2,15,17). The predicted octanol–water partition coefficient (Wildman–Crippen LogP) is 0.688. The lowest BCUT2D eigenvalue weighted by Gasteiger charge is -2.18. The summed E-state index contributed by atoms with van der Waals surface area (Å²) in [5.74, 6) is -0.0672. The maximum absolute atomic E-state index is 11.9. The second-order valence-electron chi connectivity index (χ2n) is 3.95. The first-order chi connectivity index (χ1) is 9.53. The summed E-state index contributed by atoms with van der Waals surface area (Å²) in [5, 5.41) is 18.3. The monoisotopic (exact) mass is 286 g/mol. The van der Waals surface area contributed by atoms with E-state index in [1.807, 2.05) is 12.1 Å². The van der Waals surface area contributed by atoms with Crippen molar-refractivity contribution in [2.75, 3.05) is 16.9 Å². The molecule has 1 aliphatic rings. The molecule has 1 aliphatic heterocycles. The van der Waals surface area contributed by atoms with Gasteiger partial charge in [-0.1, -0.05) is 0 Å². The fourth-order valence-electron chi connectivity index (χ4n) is 1.84. The van der Waals surface area contributed by atoms with Crippen LogP contribution in [0.25, 0.3) is 0 Å². The van der Waals surface area contributed by atoms with Gasteiger partial charge in [0.15, 0.2) is 0 Å². The summed E-state index contributed by atoms with van der Waals surface area (Å²) in [7, 11) is 0. The van der Waals surface area contributed by atoms with Gasteiger partial charge in [-0.15, -0.1) is 11.8 Å². The lowest BCUT2D eigenvalue weighted by atomic mass is 10.2. The molecule has 100 valence electrons. The Balaban J connectivity index is 2.58. The van der Waals surface area contributed by atoms with Crippen LogP contribution in [0, 0.1) is 22.7 Å². The average Bonchev–Trinajstić information content (AvgIpc) is 2.72. The Morgan fingerprint density at radius 3 is 2.60 bits per heavy atom. The zero-order valence-corrected chi connectivity index (χ0v) is 11.4. The van der Waals surface area contributed by atoms with Crippen LogP contribution in [-0.2, 0) is 4.79 Å². The van der Waals surface area contributed by atoms with E-state index in [9.17, 15) is 4.79 Å². The molecule has 20 heavy (non-hydrogen) atoms. The highest BCUT2D eigenvalue weighted by atomic mass is 32.2. The van der Waals surface area contributed by atoms with Crippen LogP contribution in [0.5, 0.6) is 0 Å². The fraction of sp³-hybridized carbons (Fsp3) is 0.167. The summed E-state index contributed by atoms with van der Waals surface area (Å²) < 4.78 is 0. The van der Waals surface area contributed by atoms with E-state index in [-0.39, 0.29) is 40.8 Å². The van der Waals surface area contributed by atoms with Crippen molar-refractivity contribution in [2.24, 2.45) is 5.73 Å². The van der Waals surface area contributed by atoms with Crippen molar-refractivity contribution in [1.29, 1.82) is 10.5 Å². The van der Waals surface area contributed by atoms with Crippen LogP contribution < -0.4 is 16.4 Å². The molecule has 0 aliphatic carbocycles. The molecule has 2 heterocycles. The van der Waals surface area contributed by atoms with Crippen molar-refractivity contribution in [2.45, 2.75) is 11.4 Å². The van der Waals surface area contributed by atoms with Crippen LogP contribution in [-0.4, -0.2) is 17.1 Å². The number of nitrogens with zero attached hydrogens (tertiary/aromatic N) is 4. The third kappa shape index (κ3) is 2.02. The summed E-state index contributed by atoms with van der Waals surface area (Å²) in [4.78, 5) is 17.3. The largest absolute Gasteiger partial charge is 0.397 e. The molecule has 0 aromatic carbocycles. The zero-order chi connectivity index (χ0) is 14.9. The molecule has 4 N–H and O–H groups in total. The predicted molar refractivity (Wildman–Crippen MR) is 74.1 cm³/mol.